The number of fused-ring (bicyclic) bond motifs is 1. The molecule has 0 spiro atoms. The maximum atomic E-state index is 12.3. The fourth-order valence-corrected chi connectivity index (χ4v) is 2.88. The van der Waals surface area contributed by atoms with Crippen LogP contribution in [0.2, 0.25) is 0 Å². The summed E-state index contributed by atoms with van der Waals surface area (Å²) in [6, 6.07) is 21.1. The van der Waals surface area contributed by atoms with Gasteiger partial charge in [-0.05, 0) is 47.2 Å². The zero-order chi connectivity index (χ0) is 19.9. The fraction of sp³-hybridized carbons (Fsp3) is 0.0909. The Balaban J connectivity index is 1.25. The summed E-state index contributed by atoms with van der Waals surface area (Å²) in [6.45, 7) is 1.02. The standard InChI is InChI=1S/C22H20N6O/c29-22(18-6-5-16-3-1-2-4-17(16)15-18)25-14-13-24-20-7-8-21(28-27-20)26-19-9-11-23-12-10-19/h1-12,15H,13-14H2,(H,24,27)(H,25,29)(H,23,26,28). The number of anilines is 3. The van der Waals surface area contributed by atoms with Crippen LogP contribution in [0, 0.1) is 0 Å². The first kappa shape index (κ1) is 18.4. The smallest absolute Gasteiger partial charge is 0.251 e. The Morgan fingerprint density at radius 3 is 2.34 bits per heavy atom. The van der Waals surface area contributed by atoms with Gasteiger partial charge in [-0.3, -0.25) is 9.78 Å². The molecule has 3 N–H and O–H groups in total. The van der Waals surface area contributed by atoms with Crippen LogP contribution < -0.4 is 16.0 Å². The summed E-state index contributed by atoms with van der Waals surface area (Å²) in [7, 11) is 0. The average Bonchev–Trinajstić information content (AvgIpc) is 2.78. The topological polar surface area (TPSA) is 91.8 Å². The normalized spacial score (nSPS) is 10.5. The van der Waals surface area contributed by atoms with Gasteiger partial charge in [0.15, 0.2) is 5.82 Å². The molecule has 0 saturated heterocycles. The first-order chi connectivity index (χ1) is 14.3. The minimum absolute atomic E-state index is 0.0967. The van der Waals surface area contributed by atoms with Gasteiger partial charge in [-0.1, -0.05) is 30.3 Å². The van der Waals surface area contributed by atoms with Crippen LogP contribution in [0.5, 0.6) is 0 Å². The van der Waals surface area contributed by atoms with E-state index in [0.29, 0.717) is 30.3 Å². The molecule has 2 aromatic heterocycles. The van der Waals surface area contributed by atoms with E-state index in [1.807, 2.05) is 66.7 Å². The molecule has 4 rings (SSSR count). The van der Waals surface area contributed by atoms with Gasteiger partial charge in [0.25, 0.3) is 5.91 Å². The van der Waals surface area contributed by atoms with Crippen LogP contribution in [0.3, 0.4) is 0 Å². The summed E-state index contributed by atoms with van der Waals surface area (Å²) in [5, 5.41) is 19.6. The van der Waals surface area contributed by atoms with Crippen molar-refractivity contribution in [3.63, 3.8) is 0 Å². The lowest BCUT2D eigenvalue weighted by Crippen LogP contribution is -2.28. The van der Waals surface area contributed by atoms with Crippen molar-refractivity contribution in [1.82, 2.24) is 20.5 Å². The molecule has 0 atom stereocenters. The summed E-state index contributed by atoms with van der Waals surface area (Å²) in [5.74, 6) is 1.19. The van der Waals surface area contributed by atoms with Crippen LogP contribution in [0.15, 0.2) is 79.1 Å². The zero-order valence-electron chi connectivity index (χ0n) is 15.7. The minimum atomic E-state index is -0.0967. The number of amides is 1. The molecular formula is C22H20N6O. The Labute approximate surface area is 168 Å². The molecule has 0 bridgehead atoms. The van der Waals surface area contributed by atoms with Gasteiger partial charge in [0.05, 0.1) is 0 Å². The number of benzene rings is 2. The van der Waals surface area contributed by atoms with Crippen LogP contribution >= 0.6 is 0 Å². The van der Waals surface area contributed by atoms with Crippen LogP contribution in [0.25, 0.3) is 10.8 Å². The highest BCUT2D eigenvalue weighted by atomic mass is 16.1. The predicted octanol–water partition coefficient (Wildman–Crippen LogP) is 3.61. The summed E-state index contributed by atoms with van der Waals surface area (Å²) < 4.78 is 0. The lowest BCUT2D eigenvalue weighted by Gasteiger charge is -2.09. The van der Waals surface area contributed by atoms with Crippen molar-refractivity contribution in [2.75, 3.05) is 23.7 Å². The van der Waals surface area contributed by atoms with Gasteiger partial charge in [-0.2, -0.15) is 0 Å². The van der Waals surface area contributed by atoms with Crippen LogP contribution in [0.4, 0.5) is 17.3 Å². The van der Waals surface area contributed by atoms with Crippen LogP contribution in [-0.4, -0.2) is 34.2 Å². The molecule has 29 heavy (non-hydrogen) atoms. The van der Waals surface area contributed by atoms with Crippen molar-refractivity contribution in [1.29, 1.82) is 0 Å². The first-order valence-electron chi connectivity index (χ1n) is 9.29. The number of carbonyl (C=O) groups excluding carboxylic acids is 1. The summed E-state index contributed by atoms with van der Waals surface area (Å²) >= 11 is 0. The molecule has 4 aromatic rings. The number of carbonyl (C=O) groups is 1. The summed E-state index contributed by atoms with van der Waals surface area (Å²) in [5.41, 5.74) is 1.54. The number of nitrogens with zero attached hydrogens (tertiary/aromatic N) is 3. The number of pyridine rings is 1. The highest BCUT2D eigenvalue weighted by Crippen LogP contribution is 2.16. The predicted molar refractivity (Wildman–Crippen MR) is 114 cm³/mol. The zero-order valence-corrected chi connectivity index (χ0v) is 15.7. The van der Waals surface area contributed by atoms with Crippen molar-refractivity contribution in [2.24, 2.45) is 0 Å². The molecule has 0 unspecified atom stereocenters. The molecular weight excluding hydrogens is 364 g/mol. The second-order valence-electron chi connectivity index (χ2n) is 6.41. The second-order valence-corrected chi connectivity index (χ2v) is 6.41. The Bertz CT molecular complexity index is 1100. The van der Waals surface area contributed by atoms with Crippen molar-refractivity contribution in [3.8, 4) is 0 Å². The lowest BCUT2D eigenvalue weighted by molar-refractivity contribution is 0.0955. The highest BCUT2D eigenvalue weighted by Gasteiger charge is 2.06. The van der Waals surface area contributed by atoms with Gasteiger partial charge in [0.1, 0.15) is 5.82 Å². The van der Waals surface area contributed by atoms with Crippen molar-refractivity contribution < 1.29 is 4.79 Å². The molecule has 2 aromatic carbocycles. The SMILES string of the molecule is O=C(NCCNc1ccc(Nc2ccncc2)nn1)c1ccc2ccccc2c1. The van der Waals surface area contributed by atoms with E-state index in [1.54, 1.807) is 12.4 Å². The molecule has 0 radical (unpaired) electrons. The highest BCUT2D eigenvalue weighted by molar-refractivity contribution is 5.98. The Morgan fingerprint density at radius 1 is 0.793 bits per heavy atom. The van der Waals surface area contributed by atoms with Gasteiger partial charge >= 0.3 is 0 Å². The van der Waals surface area contributed by atoms with Crippen LogP contribution in [-0.2, 0) is 0 Å². The minimum Gasteiger partial charge on any atom is -0.367 e. The monoisotopic (exact) mass is 384 g/mol. The summed E-state index contributed by atoms with van der Waals surface area (Å²) in [4.78, 5) is 16.3. The third-order valence-electron chi connectivity index (χ3n) is 4.35. The average molecular weight is 384 g/mol. The fourth-order valence-electron chi connectivity index (χ4n) is 2.88. The molecule has 0 fully saturated rings. The van der Waals surface area contributed by atoms with Crippen LogP contribution in [0.1, 0.15) is 10.4 Å². The van der Waals surface area contributed by atoms with Crippen molar-refractivity contribution in [3.05, 3.63) is 84.7 Å². The Hall–Kier alpha value is -4.00. The molecule has 7 heteroatoms. The number of aromatic nitrogens is 3. The maximum Gasteiger partial charge on any atom is 0.251 e. The largest absolute Gasteiger partial charge is 0.367 e. The van der Waals surface area contributed by atoms with E-state index < -0.39 is 0 Å². The number of hydrogen-bond acceptors (Lipinski definition) is 6. The van der Waals surface area contributed by atoms with E-state index in [2.05, 4.69) is 31.1 Å². The van der Waals surface area contributed by atoms with Gasteiger partial charge < -0.3 is 16.0 Å². The third-order valence-corrected chi connectivity index (χ3v) is 4.35. The molecule has 7 nitrogen and oxygen atoms in total. The van der Waals surface area contributed by atoms with E-state index in [0.717, 1.165) is 16.5 Å². The van der Waals surface area contributed by atoms with E-state index in [9.17, 15) is 4.79 Å². The van der Waals surface area contributed by atoms with Crippen molar-refractivity contribution >= 4 is 34.0 Å². The summed E-state index contributed by atoms with van der Waals surface area (Å²) in [6.07, 6.45) is 3.41. The number of nitrogens with one attached hydrogen (secondary N) is 3. The third kappa shape index (κ3) is 4.84. The Morgan fingerprint density at radius 2 is 1.55 bits per heavy atom. The molecule has 144 valence electrons. The number of rotatable bonds is 7. The second kappa shape index (κ2) is 8.79. The van der Waals surface area contributed by atoms with Gasteiger partial charge in [-0.15, -0.1) is 10.2 Å². The number of hydrogen-bond donors (Lipinski definition) is 3. The first-order valence-corrected chi connectivity index (χ1v) is 9.29. The van der Waals surface area contributed by atoms with Gasteiger partial charge in [0.2, 0.25) is 0 Å². The van der Waals surface area contributed by atoms with Crippen molar-refractivity contribution in [2.45, 2.75) is 0 Å². The van der Waals surface area contributed by atoms with E-state index in [1.165, 1.54) is 0 Å². The van der Waals surface area contributed by atoms with Gasteiger partial charge in [-0.25, -0.2) is 0 Å². The molecule has 0 aliphatic heterocycles. The van der Waals surface area contributed by atoms with E-state index in [4.69, 9.17) is 0 Å². The maximum absolute atomic E-state index is 12.3. The quantitative estimate of drug-likeness (QED) is 0.422. The molecule has 0 aliphatic carbocycles. The molecule has 2 heterocycles. The molecule has 0 saturated carbocycles. The van der Waals surface area contributed by atoms with Gasteiger partial charge in [0, 0.05) is 36.7 Å². The lowest BCUT2D eigenvalue weighted by atomic mass is 10.1. The van der Waals surface area contributed by atoms with E-state index >= 15 is 0 Å². The molecule has 0 aliphatic rings. The Kier molecular flexibility index (Phi) is 5.57. The molecule has 1 amide bonds. The van der Waals surface area contributed by atoms with E-state index in [-0.39, 0.29) is 5.91 Å².